The summed E-state index contributed by atoms with van der Waals surface area (Å²) >= 11 is 0. The Morgan fingerprint density at radius 3 is 1.84 bits per heavy atom. The van der Waals surface area contributed by atoms with Crippen molar-refractivity contribution < 1.29 is 4.79 Å². The lowest BCUT2D eigenvalue weighted by atomic mass is 10.1. The van der Waals surface area contributed by atoms with Crippen molar-refractivity contribution in [2.24, 2.45) is 11.8 Å². The first-order valence-corrected chi connectivity index (χ1v) is 7.02. The summed E-state index contributed by atoms with van der Waals surface area (Å²) in [5.41, 5.74) is 0.941. The maximum atomic E-state index is 12.0. The van der Waals surface area contributed by atoms with Gasteiger partial charge in [-0.25, -0.2) is 10.0 Å². The average Bonchev–Trinajstić information content (AvgIpc) is 2.28. The van der Waals surface area contributed by atoms with Crippen molar-refractivity contribution in [1.29, 1.82) is 0 Å². The van der Waals surface area contributed by atoms with E-state index >= 15 is 0 Å². The minimum absolute atomic E-state index is 0.0625. The maximum Gasteiger partial charge on any atom is 0.238 e. The third-order valence-electron chi connectivity index (χ3n) is 2.73. The average molecular weight is 262 g/mol. The molecule has 0 aliphatic heterocycles. The Kier molecular flexibility index (Phi) is 6.03. The molecule has 19 heavy (non-hydrogen) atoms. The molecule has 0 bridgehead atoms. The van der Waals surface area contributed by atoms with Gasteiger partial charge in [-0.15, -0.1) is 0 Å². The Morgan fingerprint density at radius 2 is 1.47 bits per heavy atom. The van der Waals surface area contributed by atoms with E-state index in [1.54, 1.807) is 11.9 Å². The summed E-state index contributed by atoms with van der Waals surface area (Å²) in [6.07, 6.45) is 0. The van der Waals surface area contributed by atoms with Gasteiger partial charge in [0, 0.05) is 20.0 Å². The molecular weight excluding hydrogens is 236 g/mol. The zero-order chi connectivity index (χ0) is 14.4. The molecule has 0 aliphatic rings. The molecule has 0 heterocycles. The van der Waals surface area contributed by atoms with Crippen LogP contribution in [0.25, 0.3) is 0 Å². The van der Waals surface area contributed by atoms with E-state index in [4.69, 9.17) is 0 Å². The van der Waals surface area contributed by atoms with Crippen molar-refractivity contribution in [3.05, 3.63) is 30.3 Å². The molecule has 0 N–H and O–H groups in total. The van der Waals surface area contributed by atoms with Gasteiger partial charge in [-0.05, 0) is 24.0 Å². The zero-order valence-electron chi connectivity index (χ0n) is 12.8. The minimum Gasteiger partial charge on any atom is -0.273 e. The SMILES string of the molecule is CC(=O)N(c1ccccc1)N(CC(C)C)CC(C)C. The molecule has 1 aromatic carbocycles. The van der Waals surface area contributed by atoms with Crippen LogP contribution >= 0.6 is 0 Å². The highest BCUT2D eigenvalue weighted by Crippen LogP contribution is 2.18. The molecule has 0 spiro atoms. The first-order valence-electron chi connectivity index (χ1n) is 7.02. The number of carbonyl (C=O) groups excluding carboxylic acids is 1. The lowest BCUT2D eigenvalue weighted by Gasteiger charge is -2.36. The summed E-state index contributed by atoms with van der Waals surface area (Å²) in [6, 6.07) is 9.86. The number of nitrogens with zero attached hydrogens (tertiary/aromatic N) is 2. The number of carbonyl (C=O) groups is 1. The van der Waals surface area contributed by atoms with Crippen LogP contribution in [0.2, 0.25) is 0 Å². The highest BCUT2D eigenvalue weighted by Gasteiger charge is 2.21. The van der Waals surface area contributed by atoms with E-state index in [0.717, 1.165) is 18.8 Å². The smallest absolute Gasteiger partial charge is 0.238 e. The predicted octanol–water partition coefficient (Wildman–Crippen LogP) is 3.57. The van der Waals surface area contributed by atoms with Crippen molar-refractivity contribution in [3.8, 4) is 0 Å². The molecule has 1 rings (SSSR count). The number of hydrogen-bond acceptors (Lipinski definition) is 2. The molecule has 0 aromatic heterocycles. The van der Waals surface area contributed by atoms with E-state index in [2.05, 4.69) is 32.7 Å². The van der Waals surface area contributed by atoms with Gasteiger partial charge in [0.2, 0.25) is 5.91 Å². The molecule has 0 radical (unpaired) electrons. The number of rotatable bonds is 6. The Bertz CT molecular complexity index is 377. The molecule has 0 atom stereocenters. The number of anilines is 1. The molecule has 1 aromatic rings. The third-order valence-corrected chi connectivity index (χ3v) is 2.73. The maximum absolute atomic E-state index is 12.0. The van der Waals surface area contributed by atoms with Gasteiger partial charge < -0.3 is 0 Å². The first kappa shape index (κ1) is 15.7. The quantitative estimate of drug-likeness (QED) is 0.732. The highest BCUT2D eigenvalue weighted by molar-refractivity contribution is 5.90. The van der Waals surface area contributed by atoms with Crippen LogP contribution < -0.4 is 5.01 Å². The molecule has 0 aliphatic carbocycles. The number of para-hydroxylation sites is 1. The van der Waals surface area contributed by atoms with Crippen LogP contribution in [0.4, 0.5) is 5.69 Å². The molecule has 3 heteroatoms. The van der Waals surface area contributed by atoms with Crippen molar-refractivity contribution in [2.45, 2.75) is 34.6 Å². The Balaban J connectivity index is 3.01. The van der Waals surface area contributed by atoms with Crippen LogP contribution in [-0.4, -0.2) is 24.0 Å². The fraction of sp³-hybridized carbons (Fsp3) is 0.562. The van der Waals surface area contributed by atoms with E-state index in [9.17, 15) is 4.79 Å². The summed E-state index contributed by atoms with van der Waals surface area (Å²) in [6.45, 7) is 12.1. The van der Waals surface area contributed by atoms with Gasteiger partial charge in [0.05, 0.1) is 5.69 Å². The van der Waals surface area contributed by atoms with Crippen LogP contribution in [-0.2, 0) is 4.79 Å². The largest absolute Gasteiger partial charge is 0.273 e. The number of benzene rings is 1. The van der Waals surface area contributed by atoms with Crippen molar-refractivity contribution in [1.82, 2.24) is 5.01 Å². The van der Waals surface area contributed by atoms with Gasteiger partial charge >= 0.3 is 0 Å². The normalized spacial score (nSPS) is 11.4. The standard InChI is InChI=1S/C16H26N2O/c1-13(2)11-17(12-14(3)4)18(15(5)19)16-9-7-6-8-10-16/h6-10,13-14H,11-12H2,1-5H3. The fourth-order valence-electron chi connectivity index (χ4n) is 2.19. The molecule has 0 saturated carbocycles. The second kappa shape index (κ2) is 7.29. The van der Waals surface area contributed by atoms with Gasteiger partial charge in [0.15, 0.2) is 0 Å². The predicted molar refractivity (Wildman–Crippen MR) is 80.9 cm³/mol. The van der Waals surface area contributed by atoms with Crippen LogP contribution in [0.15, 0.2) is 30.3 Å². The summed E-state index contributed by atoms with van der Waals surface area (Å²) < 4.78 is 0. The Morgan fingerprint density at radius 1 is 1.00 bits per heavy atom. The second-order valence-electron chi connectivity index (χ2n) is 5.83. The van der Waals surface area contributed by atoms with E-state index in [1.165, 1.54) is 0 Å². The first-order chi connectivity index (χ1) is 8.91. The summed E-state index contributed by atoms with van der Waals surface area (Å²) in [4.78, 5) is 12.0. The second-order valence-corrected chi connectivity index (χ2v) is 5.83. The molecule has 0 fully saturated rings. The monoisotopic (exact) mass is 262 g/mol. The van der Waals surface area contributed by atoms with E-state index < -0.39 is 0 Å². The number of hydrazine groups is 1. The van der Waals surface area contributed by atoms with Crippen molar-refractivity contribution in [3.63, 3.8) is 0 Å². The van der Waals surface area contributed by atoms with Crippen LogP contribution in [0, 0.1) is 11.8 Å². The lowest BCUT2D eigenvalue weighted by Crippen LogP contribution is -2.49. The third kappa shape index (κ3) is 5.03. The van der Waals surface area contributed by atoms with E-state index in [-0.39, 0.29) is 5.91 Å². The highest BCUT2D eigenvalue weighted by atomic mass is 16.2. The molecular formula is C16H26N2O. The van der Waals surface area contributed by atoms with Gasteiger partial charge in [-0.3, -0.25) is 4.79 Å². The Hall–Kier alpha value is -1.35. The molecule has 1 amide bonds. The summed E-state index contributed by atoms with van der Waals surface area (Å²) in [7, 11) is 0. The van der Waals surface area contributed by atoms with Gasteiger partial charge in [-0.2, -0.15) is 0 Å². The fourth-order valence-corrected chi connectivity index (χ4v) is 2.19. The Labute approximate surface area is 117 Å². The van der Waals surface area contributed by atoms with Gasteiger partial charge in [0.1, 0.15) is 0 Å². The molecule has 0 saturated heterocycles. The van der Waals surface area contributed by atoms with Crippen LogP contribution in [0.5, 0.6) is 0 Å². The zero-order valence-corrected chi connectivity index (χ0v) is 12.8. The minimum atomic E-state index is 0.0625. The number of hydrogen-bond donors (Lipinski definition) is 0. The topological polar surface area (TPSA) is 23.6 Å². The van der Waals surface area contributed by atoms with Gasteiger partial charge in [0.25, 0.3) is 0 Å². The molecule has 3 nitrogen and oxygen atoms in total. The lowest BCUT2D eigenvalue weighted by molar-refractivity contribution is -0.119. The van der Waals surface area contributed by atoms with Crippen LogP contribution in [0.1, 0.15) is 34.6 Å². The molecule has 106 valence electrons. The van der Waals surface area contributed by atoms with Crippen LogP contribution in [0.3, 0.4) is 0 Å². The van der Waals surface area contributed by atoms with E-state index in [1.807, 2.05) is 30.3 Å². The van der Waals surface area contributed by atoms with Gasteiger partial charge in [-0.1, -0.05) is 45.9 Å². The summed E-state index contributed by atoms with van der Waals surface area (Å²) in [5, 5.41) is 3.97. The van der Waals surface area contributed by atoms with E-state index in [0.29, 0.717) is 11.8 Å². The van der Waals surface area contributed by atoms with Crippen molar-refractivity contribution in [2.75, 3.05) is 18.1 Å². The summed E-state index contributed by atoms with van der Waals surface area (Å²) in [5.74, 6) is 1.10. The van der Waals surface area contributed by atoms with Crippen molar-refractivity contribution >= 4 is 11.6 Å². The number of amides is 1. The molecule has 0 unspecified atom stereocenters.